The van der Waals surface area contributed by atoms with Gasteiger partial charge in [0.2, 0.25) is 10.0 Å². The first kappa shape index (κ1) is 12.4. The van der Waals surface area contributed by atoms with Crippen LogP contribution in [0.25, 0.3) is 0 Å². The number of carboxylic acids is 1. The van der Waals surface area contributed by atoms with Crippen molar-refractivity contribution in [3.63, 3.8) is 0 Å². The summed E-state index contributed by atoms with van der Waals surface area (Å²) in [6.07, 6.45) is -0.334. The van der Waals surface area contributed by atoms with E-state index in [9.17, 15) is 13.2 Å². The van der Waals surface area contributed by atoms with Crippen molar-refractivity contribution in [3.8, 4) is 0 Å². The number of carbonyl (C=O) groups is 1. The van der Waals surface area contributed by atoms with E-state index in [1.54, 1.807) is 0 Å². The van der Waals surface area contributed by atoms with Gasteiger partial charge in [-0.15, -0.1) is 0 Å². The van der Waals surface area contributed by atoms with Crippen LogP contribution in [0.15, 0.2) is 0 Å². The Bertz CT molecular complexity index is 328. The molecule has 1 heterocycles. The van der Waals surface area contributed by atoms with E-state index in [0.29, 0.717) is 19.6 Å². The number of hydrogen-bond acceptors (Lipinski definition) is 4. The summed E-state index contributed by atoms with van der Waals surface area (Å²) in [4.78, 5) is 10.3. The molecule has 0 aromatic carbocycles. The van der Waals surface area contributed by atoms with Gasteiger partial charge in [-0.25, -0.2) is 8.42 Å². The van der Waals surface area contributed by atoms with E-state index < -0.39 is 16.0 Å². The zero-order valence-electron chi connectivity index (χ0n) is 8.64. The van der Waals surface area contributed by atoms with Crippen molar-refractivity contribution in [2.45, 2.75) is 19.4 Å². The number of sulfonamides is 1. The Morgan fingerprint density at radius 1 is 1.60 bits per heavy atom. The molecule has 0 radical (unpaired) electrons. The predicted molar refractivity (Wildman–Crippen MR) is 55.1 cm³/mol. The molecule has 6 nitrogen and oxygen atoms in total. The summed E-state index contributed by atoms with van der Waals surface area (Å²) in [6.45, 7) is 3.47. The molecule has 2 N–H and O–H groups in total. The van der Waals surface area contributed by atoms with Crippen LogP contribution >= 0.6 is 0 Å². The van der Waals surface area contributed by atoms with Crippen molar-refractivity contribution in [2.24, 2.45) is 0 Å². The van der Waals surface area contributed by atoms with E-state index in [2.05, 4.69) is 5.32 Å². The van der Waals surface area contributed by atoms with Crippen LogP contribution in [0.4, 0.5) is 0 Å². The molecule has 1 aliphatic rings. The summed E-state index contributed by atoms with van der Waals surface area (Å²) < 4.78 is 24.9. The lowest BCUT2D eigenvalue weighted by atomic mass is 10.3. The highest BCUT2D eigenvalue weighted by Gasteiger charge is 2.29. The lowest BCUT2D eigenvalue weighted by Gasteiger charge is -2.32. The van der Waals surface area contributed by atoms with E-state index in [0.717, 1.165) is 0 Å². The van der Waals surface area contributed by atoms with Crippen LogP contribution in [0.1, 0.15) is 13.3 Å². The van der Waals surface area contributed by atoms with Crippen LogP contribution in [0.2, 0.25) is 0 Å². The molecule has 1 atom stereocenters. The molecule has 0 aromatic heterocycles. The summed E-state index contributed by atoms with van der Waals surface area (Å²) in [5.74, 6) is -1.39. The first-order valence-electron chi connectivity index (χ1n) is 4.85. The Labute approximate surface area is 89.3 Å². The maximum atomic E-state index is 11.7. The van der Waals surface area contributed by atoms with E-state index in [-0.39, 0.29) is 18.2 Å². The highest BCUT2D eigenvalue weighted by atomic mass is 32.2. The van der Waals surface area contributed by atoms with Crippen molar-refractivity contribution < 1.29 is 18.3 Å². The quantitative estimate of drug-likeness (QED) is 0.659. The fourth-order valence-corrected chi connectivity index (χ4v) is 3.23. The first-order valence-corrected chi connectivity index (χ1v) is 6.46. The summed E-state index contributed by atoms with van der Waals surface area (Å²) in [7, 11) is -3.42. The fourth-order valence-electron chi connectivity index (χ4n) is 1.57. The predicted octanol–water partition coefficient (Wildman–Crippen LogP) is -0.915. The zero-order valence-corrected chi connectivity index (χ0v) is 9.46. The van der Waals surface area contributed by atoms with Crippen molar-refractivity contribution in [2.75, 3.05) is 25.4 Å². The standard InChI is InChI=1S/C8H16N2O4S/c1-7-6-9-3-4-10(7)15(13,14)5-2-8(11)12/h7,9H,2-6H2,1H3,(H,11,12). The molecule has 15 heavy (non-hydrogen) atoms. The first-order chi connectivity index (χ1) is 6.93. The Morgan fingerprint density at radius 3 is 2.80 bits per heavy atom. The minimum Gasteiger partial charge on any atom is -0.481 e. The molecule has 1 saturated heterocycles. The fraction of sp³-hybridized carbons (Fsp3) is 0.875. The molecule has 88 valence electrons. The number of nitrogens with one attached hydrogen (secondary N) is 1. The SMILES string of the molecule is CC1CNCCN1S(=O)(=O)CCC(=O)O. The maximum absolute atomic E-state index is 11.7. The lowest BCUT2D eigenvalue weighted by Crippen LogP contribution is -2.52. The second-order valence-electron chi connectivity index (χ2n) is 3.62. The highest BCUT2D eigenvalue weighted by molar-refractivity contribution is 7.89. The van der Waals surface area contributed by atoms with E-state index in [1.807, 2.05) is 6.92 Å². The molecule has 1 unspecified atom stereocenters. The van der Waals surface area contributed by atoms with Crippen LogP contribution in [-0.4, -0.2) is 55.2 Å². The molecule has 7 heteroatoms. The molecule has 0 bridgehead atoms. The smallest absolute Gasteiger partial charge is 0.304 e. The van der Waals surface area contributed by atoms with Crippen LogP contribution in [0.3, 0.4) is 0 Å². The monoisotopic (exact) mass is 236 g/mol. The number of carboxylic acid groups (broad SMARTS) is 1. The van der Waals surface area contributed by atoms with Crippen LogP contribution < -0.4 is 5.32 Å². The van der Waals surface area contributed by atoms with Gasteiger partial charge in [0.05, 0.1) is 12.2 Å². The number of rotatable bonds is 4. The number of hydrogen-bond donors (Lipinski definition) is 2. The van der Waals surface area contributed by atoms with Gasteiger partial charge in [0.15, 0.2) is 0 Å². The Balaban J connectivity index is 2.63. The summed E-state index contributed by atoms with van der Waals surface area (Å²) >= 11 is 0. The normalized spacial score (nSPS) is 23.9. The summed E-state index contributed by atoms with van der Waals surface area (Å²) in [5, 5.41) is 11.5. The van der Waals surface area contributed by atoms with Crippen LogP contribution in [-0.2, 0) is 14.8 Å². The molecule has 0 saturated carbocycles. The third-order valence-corrected chi connectivity index (χ3v) is 4.35. The molecule has 0 spiro atoms. The molecule has 1 aliphatic heterocycles. The van der Waals surface area contributed by atoms with Crippen LogP contribution in [0.5, 0.6) is 0 Å². The molecule has 1 fully saturated rings. The molecular formula is C8H16N2O4S. The third-order valence-electron chi connectivity index (χ3n) is 2.37. The van der Waals surface area contributed by atoms with Gasteiger partial charge in [0.1, 0.15) is 0 Å². The average molecular weight is 236 g/mol. The number of piperazine rings is 1. The largest absolute Gasteiger partial charge is 0.481 e. The molecule has 0 amide bonds. The minimum absolute atomic E-state index is 0.0995. The Morgan fingerprint density at radius 2 is 2.27 bits per heavy atom. The minimum atomic E-state index is -3.42. The second-order valence-corrected chi connectivity index (χ2v) is 5.66. The van der Waals surface area contributed by atoms with E-state index >= 15 is 0 Å². The van der Waals surface area contributed by atoms with Gasteiger partial charge in [-0.1, -0.05) is 0 Å². The van der Waals surface area contributed by atoms with E-state index in [4.69, 9.17) is 5.11 Å². The van der Waals surface area contributed by atoms with Gasteiger partial charge in [-0.2, -0.15) is 4.31 Å². The van der Waals surface area contributed by atoms with Gasteiger partial charge in [0, 0.05) is 25.7 Å². The average Bonchev–Trinajstić information content (AvgIpc) is 2.15. The lowest BCUT2D eigenvalue weighted by molar-refractivity contribution is -0.136. The second kappa shape index (κ2) is 4.91. The number of aliphatic carboxylic acids is 1. The van der Waals surface area contributed by atoms with E-state index in [1.165, 1.54) is 4.31 Å². The summed E-state index contributed by atoms with van der Waals surface area (Å²) in [5.41, 5.74) is 0. The Hall–Kier alpha value is -0.660. The van der Waals surface area contributed by atoms with Crippen molar-refractivity contribution in [1.29, 1.82) is 0 Å². The van der Waals surface area contributed by atoms with Gasteiger partial charge in [-0.05, 0) is 6.92 Å². The third kappa shape index (κ3) is 3.44. The topological polar surface area (TPSA) is 86.7 Å². The van der Waals surface area contributed by atoms with Crippen molar-refractivity contribution >= 4 is 16.0 Å². The zero-order chi connectivity index (χ0) is 11.5. The highest BCUT2D eigenvalue weighted by Crippen LogP contribution is 2.10. The maximum Gasteiger partial charge on any atom is 0.304 e. The number of nitrogens with zero attached hydrogens (tertiary/aromatic N) is 1. The van der Waals surface area contributed by atoms with Gasteiger partial charge >= 0.3 is 5.97 Å². The molecule has 1 rings (SSSR count). The molecular weight excluding hydrogens is 220 g/mol. The molecule has 0 aromatic rings. The van der Waals surface area contributed by atoms with Gasteiger partial charge < -0.3 is 10.4 Å². The van der Waals surface area contributed by atoms with Crippen molar-refractivity contribution in [3.05, 3.63) is 0 Å². The Kier molecular flexibility index (Phi) is 4.06. The van der Waals surface area contributed by atoms with Crippen LogP contribution in [0, 0.1) is 0 Å². The summed E-state index contributed by atoms with van der Waals surface area (Å²) in [6, 6.07) is -0.0995. The molecule has 0 aliphatic carbocycles. The van der Waals surface area contributed by atoms with Crippen molar-refractivity contribution in [1.82, 2.24) is 9.62 Å². The van der Waals surface area contributed by atoms with Gasteiger partial charge in [-0.3, -0.25) is 4.79 Å². The van der Waals surface area contributed by atoms with Gasteiger partial charge in [0.25, 0.3) is 0 Å².